The minimum absolute atomic E-state index is 0.0932. The number of hydrogen-bond acceptors (Lipinski definition) is 5. The zero-order valence-electron chi connectivity index (χ0n) is 19.1. The molecule has 0 unspecified atom stereocenters. The highest BCUT2D eigenvalue weighted by molar-refractivity contribution is 6.10. The summed E-state index contributed by atoms with van der Waals surface area (Å²) in [5.41, 5.74) is 4.38. The highest BCUT2D eigenvalue weighted by atomic mass is 16.1. The van der Waals surface area contributed by atoms with Crippen LogP contribution in [0.2, 0.25) is 0 Å². The molecule has 1 aliphatic rings. The standard InChI is InChI=1S/C29H23N5O/c30-20-23-19-27(34-25-6-2-1-5-21(25)10-13-26(23)34)29(35)22-8-11-24(12-9-22)32-15-17-33(18-16-32)28-7-3-4-14-31-28/h1-14,19H,15-18H2. The molecule has 3 aromatic heterocycles. The van der Waals surface area contributed by atoms with Crippen LogP contribution in [0.4, 0.5) is 11.5 Å². The summed E-state index contributed by atoms with van der Waals surface area (Å²) in [5.74, 6) is 0.918. The van der Waals surface area contributed by atoms with Crippen molar-refractivity contribution in [2.24, 2.45) is 0 Å². The second-order valence-corrected chi connectivity index (χ2v) is 8.71. The summed E-state index contributed by atoms with van der Waals surface area (Å²) in [6.07, 6.45) is 1.83. The van der Waals surface area contributed by atoms with E-state index in [9.17, 15) is 10.1 Å². The van der Waals surface area contributed by atoms with Crippen LogP contribution in [0.15, 0.2) is 91.1 Å². The average Bonchev–Trinajstić information content (AvgIpc) is 3.33. The van der Waals surface area contributed by atoms with Crippen LogP contribution in [0, 0.1) is 11.3 Å². The average molecular weight is 458 g/mol. The Morgan fingerprint density at radius 1 is 0.800 bits per heavy atom. The molecule has 0 saturated carbocycles. The van der Waals surface area contributed by atoms with Crippen molar-refractivity contribution >= 4 is 33.7 Å². The van der Waals surface area contributed by atoms with E-state index < -0.39 is 0 Å². The van der Waals surface area contributed by atoms with Crippen LogP contribution in [0.5, 0.6) is 0 Å². The predicted molar refractivity (Wildman–Crippen MR) is 138 cm³/mol. The van der Waals surface area contributed by atoms with Crippen molar-refractivity contribution in [3.8, 4) is 6.07 Å². The number of aromatic nitrogens is 2. The zero-order chi connectivity index (χ0) is 23.8. The smallest absolute Gasteiger partial charge is 0.209 e. The van der Waals surface area contributed by atoms with Crippen molar-refractivity contribution < 1.29 is 4.79 Å². The van der Waals surface area contributed by atoms with Crippen molar-refractivity contribution in [2.45, 2.75) is 0 Å². The van der Waals surface area contributed by atoms with E-state index in [1.54, 1.807) is 6.07 Å². The molecule has 0 N–H and O–H groups in total. The number of para-hydroxylation sites is 1. The second-order valence-electron chi connectivity index (χ2n) is 8.71. The van der Waals surface area contributed by atoms with Gasteiger partial charge in [-0.1, -0.05) is 30.3 Å². The number of nitriles is 1. The topological polar surface area (TPSA) is 64.6 Å². The van der Waals surface area contributed by atoms with E-state index in [1.165, 1.54) is 0 Å². The Morgan fingerprint density at radius 3 is 2.29 bits per heavy atom. The lowest BCUT2D eigenvalue weighted by Crippen LogP contribution is -2.46. The molecule has 1 aliphatic heterocycles. The van der Waals surface area contributed by atoms with Gasteiger partial charge in [-0.2, -0.15) is 5.26 Å². The molecular weight excluding hydrogens is 434 g/mol. The van der Waals surface area contributed by atoms with Crippen molar-refractivity contribution in [3.05, 3.63) is 108 Å². The van der Waals surface area contributed by atoms with Crippen LogP contribution in [-0.2, 0) is 0 Å². The molecule has 0 bridgehead atoms. The van der Waals surface area contributed by atoms with Crippen LogP contribution in [0.3, 0.4) is 0 Å². The quantitative estimate of drug-likeness (QED) is 0.359. The Bertz CT molecular complexity index is 1570. The molecule has 2 aromatic carbocycles. The largest absolute Gasteiger partial charge is 0.368 e. The molecule has 1 saturated heterocycles. The van der Waals surface area contributed by atoms with Crippen LogP contribution in [-0.4, -0.2) is 41.3 Å². The monoisotopic (exact) mass is 457 g/mol. The molecule has 5 aromatic rings. The lowest BCUT2D eigenvalue weighted by molar-refractivity contribution is 0.103. The second kappa shape index (κ2) is 8.62. The molecule has 6 heteroatoms. The van der Waals surface area contributed by atoms with Crippen molar-refractivity contribution in [1.29, 1.82) is 5.26 Å². The third-order valence-corrected chi connectivity index (χ3v) is 6.74. The summed E-state index contributed by atoms with van der Waals surface area (Å²) < 4.78 is 1.90. The first-order valence-electron chi connectivity index (χ1n) is 11.7. The number of benzene rings is 2. The fourth-order valence-corrected chi connectivity index (χ4v) is 4.91. The number of nitrogens with zero attached hydrogens (tertiary/aromatic N) is 5. The summed E-state index contributed by atoms with van der Waals surface area (Å²) in [5, 5.41) is 10.7. The Kier molecular flexibility index (Phi) is 5.16. The zero-order valence-corrected chi connectivity index (χ0v) is 19.1. The number of ketones is 1. The fourth-order valence-electron chi connectivity index (χ4n) is 4.91. The number of rotatable bonds is 4. The summed E-state index contributed by atoms with van der Waals surface area (Å²) in [6.45, 7) is 3.59. The highest BCUT2D eigenvalue weighted by Gasteiger charge is 2.21. The number of fused-ring (bicyclic) bond motifs is 3. The molecule has 0 atom stereocenters. The van der Waals surface area contributed by atoms with Gasteiger partial charge in [0, 0.05) is 43.6 Å². The molecule has 6 nitrogen and oxygen atoms in total. The SMILES string of the molecule is N#Cc1cc(C(=O)c2ccc(N3CCN(c4ccccn4)CC3)cc2)n2c1ccc1ccccc12. The van der Waals surface area contributed by atoms with Gasteiger partial charge in [0.1, 0.15) is 11.9 Å². The Balaban J connectivity index is 1.26. The molecule has 0 radical (unpaired) electrons. The number of carbonyl (C=O) groups is 1. The van der Waals surface area contributed by atoms with E-state index >= 15 is 0 Å². The fraction of sp³-hybridized carbons (Fsp3) is 0.138. The van der Waals surface area contributed by atoms with Gasteiger partial charge in [-0.05, 0) is 60.0 Å². The van der Waals surface area contributed by atoms with Gasteiger partial charge >= 0.3 is 0 Å². The molecule has 0 amide bonds. The minimum Gasteiger partial charge on any atom is -0.368 e. The molecule has 0 spiro atoms. The predicted octanol–water partition coefficient (Wildman–Crippen LogP) is 4.92. The van der Waals surface area contributed by atoms with Crippen LogP contribution in [0.1, 0.15) is 21.6 Å². The maximum Gasteiger partial charge on any atom is 0.209 e. The summed E-state index contributed by atoms with van der Waals surface area (Å²) in [7, 11) is 0. The number of anilines is 2. The molecule has 1 fully saturated rings. The van der Waals surface area contributed by atoms with E-state index in [0.717, 1.165) is 54.1 Å². The van der Waals surface area contributed by atoms with Crippen LogP contribution >= 0.6 is 0 Å². The lowest BCUT2D eigenvalue weighted by Gasteiger charge is -2.36. The third kappa shape index (κ3) is 3.68. The highest BCUT2D eigenvalue weighted by Crippen LogP contribution is 2.26. The molecule has 6 rings (SSSR count). The van der Waals surface area contributed by atoms with Gasteiger partial charge in [-0.15, -0.1) is 0 Å². The van der Waals surface area contributed by atoms with E-state index in [2.05, 4.69) is 20.9 Å². The van der Waals surface area contributed by atoms with E-state index in [1.807, 2.05) is 89.5 Å². The molecule has 0 aliphatic carbocycles. The van der Waals surface area contributed by atoms with E-state index in [4.69, 9.17) is 0 Å². The van der Waals surface area contributed by atoms with Gasteiger partial charge in [0.15, 0.2) is 0 Å². The maximum atomic E-state index is 13.6. The normalized spacial score (nSPS) is 13.8. The number of pyridine rings is 2. The number of piperazine rings is 1. The first-order valence-corrected chi connectivity index (χ1v) is 11.7. The van der Waals surface area contributed by atoms with Gasteiger partial charge in [0.05, 0.1) is 22.3 Å². The molecule has 170 valence electrons. The lowest BCUT2D eigenvalue weighted by atomic mass is 10.1. The number of carbonyl (C=O) groups excluding carboxylic acids is 1. The Hall–Kier alpha value is -4.63. The van der Waals surface area contributed by atoms with Gasteiger partial charge < -0.3 is 14.2 Å². The van der Waals surface area contributed by atoms with Gasteiger partial charge in [0.25, 0.3) is 0 Å². The Labute approximate surface area is 203 Å². The van der Waals surface area contributed by atoms with Crippen molar-refractivity contribution in [1.82, 2.24) is 9.38 Å². The summed E-state index contributed by atoms with van der Waals surface area (Å²) in [6, 6.07) is 29.6. The third-order valence-electron chi connectivity index (χ3n) is 6.74. The molecular formula is C29H23N5O. The van der Waals surface area contributed by atoms with Gasteiger partial charge in [-0.3, -0.25) is 4.79 Å². The van der Waals surface area contributed by atoms with Crippen LogP contribution in [0.25, 0.3) is 16.4 Å². The molecule has 35 heavy (non-hydrogen) atoms. The van der Waals surface area contributed by atoms with Crippen molar-refractivity contribution in [3.63, 3.8) is 0 Å². The van der Waals surface area contributed by atoms with E-state index in [0.29, 0.717) is 16.8 Å². The van der Waals surface area contributed by atoms with E-state index in [-0.39, 0.29) is 5.78 Å². The number of hydrogen-bond donors (Lipinski definition) is 0. The summed E-state index contributed by atoms with van der Waals surface area (Å²) >= 11 is 0. The minimum atomic E-state index is -0.0932. The van der Waals surface area contributed by atoms with Gasteiger partial charge in [0.2, 0.25) is 5.78 Å². The first-order chi connectivity index (χ1) is 17.2. The molecule has 4 heterocycles. The maximum absolute atomic E-state index is 13.6. The first kappa shape index (κ1) is 20.9. The summed E-state index contributed by atoms with van der Waals surface area (Å²) in [4.78, 5) is 22.6. The Morgan fingerprint density at radius 2 is 1.54 bits per heavy atom. The van der Waals surface area contributed by atoms with Crippen LogP contribution < -0.4 is 9.80 Å². The van der Waals surface area contributed by atoms with Crippen molar-refractivity contribution in [2.75, 3.05) is 36.0 Å². The van der Waals surface area contributed by atoms with Gasteiger partial charge in [-0.25, -0.2) is 4.98 Å².